The van der Waals surface area contributed by atoms with E-state index in [0.29, 0.717) is 23.3 Å². The number of hydrogen-bond donors (Lipinski definition) is 1. The van der Waals surface area contributed by atoms with E-state index in [1.807, 2.05) is 17.1 Å². The number of nitrogens with zero attached hydrogens (tertiary/aromatic N) is 1. The molecule has 0 bridgehead atoms. The van der Waals surface area contributed by atoms with E-state index in [1.165, 1.54) is 11.3 Å². The molecule has 0 saturated carbocycles. The van der Waals surface area contributed by atoms with Gasteiger partial charge in [0.25, 0.3) is 10.0 Å². The third-order valence-corrected chi connectivity index (χ3v) is 7.21. The molecule has 1 saturated heterocycles. The van der Waals surface area contributed by atoms with Crippen LogP contribution in [0.3, 0.4) is 0 Å². The van der Waals surface area contributed by atoms with Crippen molar-refractivity contribution in [2.45, 2.75) is 30.6 Å². The Balaban J connectivity index is 2.08. The van der Waals surface area contributed by atoms with Gasteiger partial charge in [0.2, 0.25) is 0 Å². The van der Waals surface area contributed by atoms with Crippen LogP contribution in [0.5, 0.6) is 0 Å². The Bertz CT molecular complexity index is 505. The summed E-state index contributed by atoms with van der Waals surface area (Å²) in [6.07, 6.45) is 0. The van der Waals surface area contributed by atoms with Gasteiger partial charge in [-0.15, -0.1) is 11.3 Å². The first-order valence-corrected chi connectivity index (χ1v) is 9.86. The van der Waals surface area contributed by atoms with Gasteiger partial charge in [0.15, 0.2) is 0 Å². The van der Waals surface area contributed by atoms with Crippen molar-refractivity contribution >= 4 is 33.1 Å². The van der Waals surface area contributed by atoms with Crippen LogP contribution >= 0.6 is 23.1 Å². The molecule has 108 valence electrons. The largest absolute Gasteiger partial charge is 0.310 e. The monoisotopic (exact) mass is 320 g/mol. The molecule has 1 aromatic heterocycles. The molecule has 1 aliphatic heterocycles. The summed E-state index contributed by atoms with van der Waals surface area (Å²) in [5.74, 6) is 1.79. The van der Waals surface area contributed by atoms with Crippen molar-refractivity contribution < 1.29 is 8.42 Å². The summed E-state index contributed by atoms with van der Waals surface area (Å²) in [6, 6.07) is 2.20. The number of thiophene rings is 1. The van der Waals surface area contributed by atoms with Crippen LogP contribution in [0.4, 0.5) is 0 Å². The molecule has 0 unspecified atom stereocenters. The lowest BCUT2D eigenvalue weighted by Gasteiger charge is -2.24. The van der Waals surface area contributed by atoms with Gasteiger partial charge in [-0.05, 0) is 17.0 Å². The second-order valence-electron chi connectivity index (χ2n) is 4.83. The van der Waals surface area contributed by atoms with Gasteiger partial charge < -0.3 is 5.32 Å². The maximum atomic E-state index is 12.4. The smallest absolute Gasteiger partial charge is 0.252 e. The molecule has 0 spiro atoms. The number of thioether (sulfide) groups is 1. The predicted molar refractivity (Wildman–Crippen MR) is 82.4 cm³/mol. The summed E-state index contributed by atoms with van der Waals surface area (Å²) >= 11 is 3.14. The number of sulfonamides is 1. The minimum Gasteiger partial charge on any atom is -0.310 e. The van der Waals surface area contributed by atoms with E-state index >= 15 is 0 Å². The Morgan fingerprint density at radius 3 is 2.68 bits per heavy atom. The average molecular weight is 321 g/mol. The first kappa shape index (κ1) is 15.3. The van der Waals surface area contributed by atoms with E-state index in [1.54, 1.807) is 10.4 Å². The highest BCUT2D eigenvalue weighted by Gasteiger charge is 2.27. The SMILES string of the molecule is CC(C)NCc1csc(S(=O)(=O)N2CCSCC2)c1. The van der Waals surface area contributed by atoms with Gasteiger partial charge in [-0.25, -0.2) is 8.42 Å². The van der Waals surface area contributed by atoms with Gasteiger partial charge in [0.1, 0.15) is 4.21 Å². The van der Waals surface area contributed by atoms with Crippen LogP contribution in [0, 0.1) is 0 Å². The Labute approximate surface area is 123 Å². The molecular weight excluding hydrogens is 300 g/mol. The van der Waals surface area contributed by atoms with E-state index in [4.69, 9.17) is 0 Å². The van der Waals surface area contributed by atoms with E-state index in [2.05, 4.69) is 19.2 Å². The summed E-state index contributed by atoms with van der Waals surface area (Å²) < 4.78 is 27.0. The predicted octanol–water partition coefficient (Wildman–Crippen LogP) is 1.98. The van der Waals surface area contributed by atoms with Gasteiger partial charge in [0.05, 0.1) is 0 Å². The molecule has 0 atom stereocenters. The van der Waals surface area contributed by atoms with Crippen molar-refractivity contribution in [1.29, 1.82) is 0 Å². The van der Waals surface area contributed by atoms with Crippen LogP contribution < -0.4 is 5.32 Å². The Kier molecular flexibility index (Phi) is 5.30. The van der Waals surface area contributed by atoms with Crippen molar-refractivity contribution in [3.8, 4) is 0 Å². The lowest BCUT2D eigenvalue weighted by Crippen LogP contribution is -2.37. The molecule has 7 heteroatoms. The molecule has 2 heterocycles. The van der Waals surface area contributed by atoms with Crippen LogP contribution in [-0.4, -0.2) is 43.4 Å². The lowest BCUT2D eigenvalue weighted by atomic mass is 10.3. The van der Waals surface area contributed by atoms with E-state index in [0.717, 1.165) is 23.6 Å². The number of nitrogens with one attached hydrogen (secondary N) is 1. The fourth-order valence-electron chi connectivity index (χ4n) is 1.82. The average Bonchev–Trinajstić information content (AvgIpc) is 2.87. The molecule has 1 aromatic rings. The van der Waals surface area contributed by atoms with Gasteiger partial charge in [-0.3, -0.25) is 0 Å². The Hall–Kier alpha value is -0.0800. The molecule has 0 aliphatic carbocycles. The zero-order chi connectivity index (χ0) is 13.9. The quantitative estimate of drug-likeness (QED) is 0.901. The van der Waals surface area contributed by atoms with Crippen LogP contribution in [0.2, 0.25) is 0 Å². The lowest BCUT2D eigenvalue weighted by molar-refractivity contribution is 0.445. The summed E-state index contributed by atoms with van der Waals surface area (Å²) in [5, 5.41) is 5.23. The summed E-state index contributed by atoms with van der Waals surface area (Å²) in [4.78, 5) is 0. The van der Waals surface area contributed by atoms with Crippen LogP contribution in [-0.2, 0) is 16.6 Å². The molecule has 0 aromatic carbocycles. The first-order valence-electron chi connectivity index (χ1n) is 6.39. The minimum absolute atomic E-state index is 0.402. The van der Waals surface area contributed by atoms with Crippen molar-refractivity contribution in [3.63, 3.8) is 0 Å². The minimum atomic E-state index is -3.27. The van der Waals surface area contributed by atoms with Crippen molar-refractivity contribution in [2.24, 2.45) is 0 Å². The Morgan fingerprint density at radius 2 is 2.05 bits per heavy atom. The third kappa shape index (κ3) is 3.95. The maximum Gasteiger partial charge on any atom is 0.252 e. The molecular formula is C12H20N2O2S3. The van der Waals surface area contributed by atoms with Crippen molar-refractivity contribution in [3.05, 3.63) is 17.0 Å². The van der Waals surface area contributed by atoms with E-state index in [-0.39, 0.29) is 0 Å². The molecule has 19 heavy (non-hydrogen) atoms. The summed E-state index contributed by atoms with van der Waals surface area (Å²) in [6.45, 7) is 6.14. The van der Waals surface area contributed by atoms with Crippen LogP contribution in [0.1, 0.15) is 19.4 Å². The topological polar surface area (TPSA) is 49.4 Å². The van der Waals surface area contributed by atoms with Crippen LogP contribution in [0.25, 0.3) is 0 Å². The number of rotatable bonds is 5. The first-order chi connectivity index (χ1) is 9.00. The zero-order valence-corrected chi connectivity index (χ0v) is 13.7. The standard InChI is InChI=1S/C12H20N2O2S3/c1-10(2)13-8-11-7-12(18-9-11)19(15,16)14-3-5-17-6-4-14/h7,9-10,13H,3-6,8H2,1-2H3. The number of hydrogen-bond acceptors (Lipinski definition) is 5. The second-order valence-corrected chi connectivity index (χ2v) is 9.13. The van der Waals surface area contributed by atoms with Gasteiger partial charge in [-0.2, -0.15) is 16.1 Å². The normalized spacial score (nSPS) is 18.1. The molecule has 2 rings (SSSR count). The fourth-order valence-corrected chi connectivity index (χ4v) is 5.75. The van der Waals surface area contributed by atoms with Crippen molar-refractivity contribution in [2.75, 3.05) is 24.6 Å². The zero-order valence-electron chi connectivity index (χ0n) is 11.3. The van der Waals surface area contributed by atoms with E-state index in [9.17, 15) is 8.42 Å². The second kappa shape index (κ2) is 6.58. The van der Waals surface area contributed by atoms with Gasteiger partial charge in [0, 0.05) is 37.2 Å². The molecule has 1 aliphatic rings. The summed E-state index contributed by atoms with van der Waals surface area (Å²) in [7, 11) is -3.27. The van der Waals surface area contributed by atoms with Gasteiger partial charge >= 0.3 is 0 Å². The highest BCUT2D eigenvalue weighted by molar-refractivity contribution is 7.99. The molecule has 4 nitrogen and oxygen atoms in total. The maximum absolute atomic E-state index is 12.4. The molecule has 0 radical (unpaired) electrons. The highest BCUT2D eigenvalue weighted by Crippen LogP contribution is 2.26. The van der Waals surface area contributed by atoms with E-state index < -0.39 is 10.0 Å². The molecule has 1 fully saturated rings. The van der Waals surface area contributed by atoms with Crippen molar-refractivity contribution in [1.82, 2.24) is 9.62 Å². The third-order valence-electron chi connectivity index (χ3n) is 2.91. The summed E-state index contributed by atoms with van der Waals surface area (Å²) in [5.41, 5.74) is 1.05. The van der Waals surface area contributed by atoms with Crippen LogP contribution in [0.15, 0.2) is 15.7 Å². The Morgan fingerprint density at radius 1 is 1.37 bits per heavy atom. The fraction of sp³-hybridized carbons (Fsp3) is 0.667. The highest BCUT2D eigenvalue weighted by atomic mass is 32.2. The molecule has 1 N–H and O–H groups in total. The van der Waals surface area contributed by atoms with Gasteiger partial charge in [-0.1, -0.05) is 13.8 Å². The molecule has 0 amide bonds.